The number of aliphatic hydroxyl groups is 2. The van der Waals surface area contributed by atoms with Gasteiger partial charge in [0.15, 0.2) is 11.2 Å². The summed E-state index contributed by atoms with van der Waals surface area (Å²) in [5, 5.41) is 19.2. The Bertz CT molecular complexity index is 904. The van der Waals surface area contributed by atoms with Gasteiger partial charge < -0.3 is 14.8 Å². The highest BCUT2D eigenvalue weighted by atomic mass is 16.3. The van der Waals surface area contributed by atoms with Gasteiger partial charge in [-0.05, 0) is 31.8 Å². The highest BCUT2D eigenvalue weighted by Crippen LogP contribution is 2.20. The Morgan fingerprint density at radius 2 is 1.85 bits per heavy atom. The lowest BCUT2D eigenvalue weighted by Gasteiger charge is -2.30. The fourth-order valence-electron chi connectivity index (χ4n) is 3.50. The molecule has 0 aromatic carbocycles. The van der Waals surface area contributed by atoms with Crippen LogP contribution in [0.2, 0.25) is 0 Å². The lowest BCUT2D eigenvalue weighted by Crippen LogP contribution is -2.38. The maximum Gasteiger partial charge on any atom is 0.332 e. The Hall–Kier alpha value is -1.97. The average molecular weight is 365 g/mol. The van der Waals surface area contributed by atoms with Crippen molar-refractivity contribution >= 4 is 11.2 Å². The standard InChI is InChI=1S/C17H27N5O4/c1-11-4-6-21(7-5-11)9-13-18-15-14(22(13)8-12(24)10-23)16(25)20(3)17(26)19(15)2/h11-12,23-24H,4-10H2,1-3H3. The largest absolute Gasteiger partial charge is 0.394 e. The Labute approximate surface area is 151 Å². The van der Waals surface area contributed by atoms with Crippen LogP contribution in [-0.4, -0.2) is 59.6 Å². The monoisotopic (exact) mass is 365 g/mol. The van der Waals surface area contributed by atoms with E-state index in [-0.39, 0.29) is 12.1 Å². The first-order valence-corrected chi connectivity index (χ1v) is 8.99. The molecule has 144 valence electrons. The Kier molecular flexibility index (Phi) is 5.31. The van der Waals surface area contributed by atoms with Gasteiger partial charge in [-0.1, -0.05) is 6.92 Å². The van der Waals surface area contributed by atoms with Gasteiger partial charge in [-0.15, -0.1) is 0 Å². The van der Waals surface area contributed by atoms with E-state index >= 15 is 0 Å². The van der Waals surface area contributed by atoms with Gasteiger partial charge in [0.25, 0.3) is 5.56 Å². The molecule has 1 atom stereocenters. The summed E-state index contributed by atoms with van der Waals surface area (Å²) in [5.74, 6) is 1.33. The maximum atomic E-state index is 12.7. The third-order valence-corrected chi connectivity index (χ3v) is 5.27. The second-order valence-corrected chi connectivity index (χ2v) is 7.31. The zero-order valence-corrected chi connectivity index (χ0v) is 15.6. The summed E-state index contributed by atoms with van der Waals surface area (Å²) in [6.45, 7) is 4.32. The van der Waals surface area contributed by atoms with Crippen molar-refractivity contribution in [2.45, 2.75) is 39.0 Å². The van der Waals surface area contributed by atoms with Crippen LogP contribution in [0.1, 0.15) is 25.6 Å². The Morgan fingerprint density at radius 3 is 2.46 bits per heavy atom. The van der Waals surface area contributed by atoms with E-state index in [9.17, 15) is 19.8 Å². The number of hydrogen-bond donors (Lipinski definition) is 2. The molecule has 2 N–H and O–H groups in total. The molecule has 2 aromatic heterocycles. The van der Waals surface area contributed by atoms with Crippen molar-refractivity contribution in [3.8, 4) is 0 Å². The van der Waals surface area contributed by atoms with E-state index in [2.05, 4.69) is 16.8 Å². The molecule has 9 nitrogen and oxygen atoms in total. The minimum absolute atomic E-state index is 0.0556. The maximum absolute atomic E-state index is 12.7. The molecule has 0 bridgehead atoms. The number of fused-ring (bicyclic) bond motifs is 1. The predicted octanol–water partition coefficient (Wildman–Crippen LogP) is -0.981. The van der Waals surface area contributed by atoms with E-state index in [0.29, 0.717) is 23.9 Å². The van der Waals surface area contributed by atoms with Crippen molar-refractivity contribution in [1.82, 2.24) is 23.6 Å². The van der Waals surface area contributed by atoms with Crippen LogP contribution in [0.25, 0.3) is 11.2 Å². The van der Waals surface area contributed by atoms with Gasteiger partial charge >= 0.3 is 5.69 Å². The molecule has 0 amide bonds. The van der Waals surface area contributed by atoms with Crippen molar-refractivity contribution < 1.29 is 10.2 Å². The van der Waals surface area contributed by atoms with Crippen molar-refractivity contribution in [3.63, 3.8) is 0 Å². The summed E-state index contributed by atoms with van der Waals surface area (Å²) in [5.41, 5.74) is -0.293. The number of imidazole rings is 1. The molecule has 0 aliphatic carbocycles. The molecule has 1 fully saturated rings. The molecular formula is C17H27N5O4. The second kappa shape index (κ2) is 7.34. The summed E-state index contributed by atoms with van der Waals surface area (Å²) in [7, 11) is 3.01. The molecule has 1 aliphatic heterocycles. The Morgan fingerprint density at radius 1 is 1.19 bits per heavy atom. The molecule has 0 spiro atoms. The number of piperidine rings is 1. The van der Waals surface area contributed by atoms with Crippen molar-refractivity contribution in [2.75, 3.05) is 19.7 Å². The number of hydrogen-bond acceptors (Lipinski definition) is 6. The smallest absolute Gasteiger partial charge is 0.332 e. The van der Waals surface area contributed by atoms with Gasteiger partial charge in [0, 0.05) is 14.1 Å². The van der Waals surface area contributed by atoms with Crippen LogP contribution in [0.4, 0.5) is 0 Å². The van der Waals surface area contributed by atoms with Gasteiger partial charge in [0.1, 0.15) is 5.82 Å². The summed E-state index contributed by atoms with van der Waals surface area (Å²) < 4.78 is 4.04. The molecule has 3 rings (SSSR count). The van der Waals surface area contributed by atoms with E-state index in [4.69, 9.17) is 0 Å². The summed E-state index contributed by atoms with van der Waals surface area (Å²) in [6.07, 6.45) is 1.22. The predicted molar refractivity (Wildman–Crippen MR) is 97.0 cm³/mol. The van der Waals surface area contributed by atoms with Gasteiger partial charge in [0.05, 0.1) is 25.8 Å². The molecular weight excluding hydrogens is 338 g/mol. The third kappa shape index (κ3) is 3.34. The number of nitrogens with zero attached hydrogens (tertiary/aromatic N) is 5. The molecule has 1 unspecified atom stereocenters. The zero-order chi connectivity index (χ0) is 19.0. The summed E-state index contributed by atoms with van der Waals surface area (Å²) >= 11 is 0. The van der Waals surface area contributed by atoms with Crippen LogP contribution in [0.5, 0.6) is 0 Å². The Balaban J connectivity index is 2.10. The number of rotatable bonds is 5. The van der Waals surface area contributed by atoms with Gasteiger partial charge in [-0.3, -0.25) is 18.8 Å². The minimum Gasteiger partial charge on any atom is -0.394 e. The van der Waals surface area contributed by atoms with Crippen LogP contribution in [0.15, 0.2) is 9.59 Å². The number of aliphatic hydroxyl groups excluding tert-OH is 2. The highest BCUT2D eigenvalue weighted by molar-refractivity contribution is 5.71. The molecule has 2 aromatic rings. The molecule has 3 heterocycles. The van der Waals surface area contributed by atoms with Crippen LogP contribution in [-0.2, 0) is 27.2 Å². The van der Waals surface area contributed by atoms with Crippen LogP contribution < -0.4 is 11.2 Å². The molecule has 1 saturated heterocycles. The first kappa shape index (κ1) is 18.8. The van der Waals surface area contributed by atoms with Crippen molar-refractivity contribution in [2.24, 2.45) is 20.0 Å². The van der Waals surface area contributed by atoms with Gasteiger partial charge in [0.2, 0.25) is 0 Å². The topological polar surface area (TPSA) is 106 Å². The fourth-order valence-corrected chi connectivity index (χ4v) is 3.50. The highest BCUT2D eigenvalue weighted by Gasteiger charge is 2.23. The van der Waals surface area contributed by atoms with Crippen LogP contribution >= 0.6 is 0 Å². The molecule has 0 radical (unpaired) electrons. The molecule has 9 heteroatoms. The second-order valence-electron chi connectivity index (χ2n) is 7.31. The number of aromatic nitrogens is 4. The lowest BCUT2D eigenvalue weighted by atomic mass is 9.99. The quantitative estimate of drug-likeness (QED) is 0.706. The third-order valence-electron chi connectivity index (χ3n) is 5.27. The van der Waals surface area contributed by atoms with Gasteiger partial charge in [-0.25, -0.2) is 9.78 Å². The van der Waals surface area contributed by atoms with E-state index in [1.54, 1.807) is 11.6 Å². The normalized spacial score (nSPS) is 17.9. The van der Waals surface area contributed by atoms with E-state index < -0.39 is 24.0 Å². The molecule has 1 aliphatic rings. The molecule has 0 saturated carbocycles. The van der Waals surface area contributed by atoms with Crippen molar-refractivity contribution in [3.05, 3.63) is 26.7 Å². The van der Waals surface area contributed by atoms with Crippen LogP contribution in [0.3, 0.4) is 0 Å². The van der Waals surface area contributed by atoms with E-state index in [1.807, 2.05) is 0 Å². The number of aryl methyl sites for hydroxylation is 1. The minimum atomic E-state index is -1.01. The number of likely N-dealkylation sites (tertiary alicyclic amines) is 1. The first-order valence-electron chi connectivity index (χ1n) is 8.99. The first-order chi connectivity index (χ1) is 12.3. The van der Waals surface area contributed by atoms with Crippen LogP contribution in [0, 0.1) is 5.92 Å². The summed E-state index contributed by atoms with van der Waals surface area (Å²) in [4.78, 5) is 31.7. The lowest BCUT2D eigenvalue weighted by molar-refractivity contribution is 0.0802. The summed E-state index contributed by atoms with van der Waals surface area (Å²) in [6, 6.07) is 0. The molecule has 26 heavy (non-hydrogen) atoms. The van der Waals surface area contributed by atoms with Crippen molar-refractivity contribution in [1.29, 1.82) is 0 Å². The van der Waals surface area contributed by atoms with Gasteiger partial charge in [-0.2, -0.15) is 0 Å². The SMILES string of the molecule is CC1CCN(Cc2nc3c(c(=O)n(C)c(=O)n3C)n2CC(O)CO)CC1. The fraction of sp³-hybridized carbons (Fsp3) is 0.706. The average Bonchev–Trinajstić information content (AvgIpc) is 2.98. The van der Waals surface area contributed by atoms with E-state index in [0.717, 1.165) is 30.5 Å². The van der Waals surface area contributed by atoms with E-state index in [1.165, 1.54) is 11.6 Å². The zero-order valence-electron chi connectivity index (χ0n) is 15.6.